The number of H-pyrrole nitrogens is 2. The number of aromatic nitrogens is 6. The van der Waals surface area contributed by atoms with E-state index in [4.69, 9.17) is 0 Å². The molecule has 37 heavy (non-hydrogen) atoms. The first-order valence-corrected chi connectivity index (χ1v) is 12.6. The third-order valence-corrected chi connectivity index (χ3v) is 7.42. The summed E-state index contributed by atoms with van der Waals surface area (Å²) in [5.74, 6) is 0.572. The Bertz CT molecular complexity index is 1780. The first kappa shape index (κ1) is 21.6. The second-order valence-electron chi connectivity index (χ2n) is 9.92. The molecule has 4 aromatic heterocycles. The van der Waals surface area contributed by atoms with Crippen molar-refractivity contribution in [2.75, 3.05) is 5.32 Å². The average Bonchev–Trinajstić information content (AvgIpc) is 3.60. The zero-order valence-electron chi connectivity index (χ0n) is 20.6. The van der Waals surface area contributed by atoms with Gasteiger partial charge >= 0.3 is 0 Å². The van der Waals surface area contributed by atoms with Crippen molar-refractivity contribution in [3.63, 3.8) is 0 Å². The van der Waals surface area contributed by atoms with E-state index in [2.05, 4.69) is 90.1 Å². The Morgan fingerprint density at radius 3 is 2.76 bits per heavy atom. The van der Waals surface area contributed by atoms with Gasteiger partial charge in [-0.05, 0) is 67.6 Å². The van der Waals surface area contributed by atoms with Crippen molar-refractivity contribution in [1.29, 1.82) is 0 Å². The Morgan fingerprint density at radius 1 is 1.03 bits per heavy atom. The van der Waals surface area contributed by atoms with Gasteiger partial charge in [0.05, 0.1) is 40.8 Å². The molecule has 0 saturated heterocycles. The molecule has 2 aromatic carbocycles. The van der Waals surface area contributed by atoms with Crippen LogP contribution in [-0.4, -0.2) is 29.7 Å². The summed E-state index contributed by atoms with van der Waals surface area (Å²) in [6.07, 6.45) is 11.4. The van der Waals surface area contributed by atoms with Crippen molar-refractivity contribution in [2.45, 2.75) is 26.2 Å². The van der Waals surface area contributed by atoms with Crippen LogP contribution in [0.2, 0.25) is 0 Å². The van der Waals surface area contributed by atoms with Gasteiger partial charge in [-0.3, -0.25) is 10.1 Å². The summed E-state index contributed by atoms with van der Waals surface area (Å²) in [7, 11) is 0. The number of fused-ring (bicyclic) bond motifs is 2. The fourth-order valence-corrected chi connectivity index (χ4v) is 5.15. The van der Waals surface area contributed by atoms with Crippen LogP contribution in [0.3, 0.4) is 0 Å². The van der Waals surface area contributed by atoms with Gasteiger partial charge in [-0.2, -0.15) is 5.10 Å². The van der Waals surface area contributed by atoms with Crippen molar-refractivity contribution in [3.8, 4) is 28.2 Å². The number of hydrogen-bond donors (Lipinski definition) is 3. The number of aromatic amines is 2. The largest absolute Gasteiger partial charge is 0.358 e. The molecule has 7 rings (SSSR count). The molecule has 182 valence electrons. The van der Waals surface area contributed by atoms with E-state index in [1.54, 1.807) is 0 Å². The number of nitrogens with one attached hydrogen (secondary N) is 3. The topological polar surface area (TPSA) is 87.2 Å². The molecule has 1 saturated carbocycles. The van der Waals surface area contributed by atoms with Gasteiger partial charge in [-0.15, -0.1) is 0 Å². The van der Waals surface area contributed by atoms with Gasteiger partial charge in [0.25, 0.3) is 0 Å². The molecule has 3 N–H and O–H groups in total. The van der Waals surface area contributed by atoms with Crippen molar-refractivity contribution >= 4 is 27.5 Å². The minimum Gasteiger partial charge on any atom is -0.358 e. The number of imidazole rings is 1. The molecule has 0 spiro atoms. The first-order chi connectivity index (χ1) is 18.1. The summed E-state index contributed by atoms with van der Waals surface area (Å²) < 4.78 is 2.06. The molecule has 0 radical (unpaired) electrons. The number of rotatable bonds is 6. The van der Waals surface area contributed by atoms with Crippen LogP contribution in [0, 0.1) is 12.8 Å². The maximum atomic E-state index is 4.68. The first-order valence-electron chi connectivity index (χ1n) is 12.6. The minimum atomic E-state index is 0.572. The summed E-state index contributed by atoms with van der Waals surface area (Å²) in [5, 5.41) is 13.5. The lowest BCUT2D eigenvalue weighted by molar-refractivity contribution is 0.371. The summed E-state index contributed by atoms with van der Waals surface area (Å²) in [6, 6.07) is 16.9. The van der Waals surface area contributed by atoms with Crippen LogP contribution in [0.4, 0.5) is 5.69 Å². The molecular formula is C30H27N7. The van der Waals surface area contributed by atoms with Crippen molar-refractivity contribution < 1.29 is 0 Å². The number of benzene rings is 2. The Labute approximate surface area is 214 Å². The highest BCUT2D eigenvalue weighted by atomic mass is 15.1. The summed E-state index contributed by atoms with van der Waals surface area (Å²) in [4.78, 5) is 12.5. The van der Waals surface area contributed by atoms with Gasteiger partial charge in [0.15, 0.2) is 0 Å². The van der Waals surface area contributed by atoms with Crippen LogP contribution in [0.15, 0.2) is 85.7 Å². The van der Waals surface area contributed by atoms with E-state index < -0.39 is 0 Å². The van der Waals surface area contributed by atoms with Crippen LogP contribution in [-0.2, 0) is 0 Å². The number of hydrogen-bond acceptors (Lipinski definition) is 4. The number of aryl methyl sites for hydroxylation is 1. The molecule has 0 bridgehead atoms. The second-order valence-corrected chi connectivity index (χ2v) is 9.92. The van der Waals surface area contributed by atoms with E-state index in [1.165, 1.54) is 19.3 Å². The molecule has 1 fully saturated rings. The molecule has 6 aromatic rings. The summed E-state index contributed by atoms with van der Waals surface area (Å²) in [5.41, 5.74) is 10.2. The predicted molar refractivity (Wildman–Crippen MR) is 149 cm³/mol. The summed E-state index contributed by atoms with van der Waals surface area (Å²) in [6.45, 7) is 6.24. The maximum Gasteiger partial charge on any atom is 0.116 e. The Balaban J connectivity index is 1.26. The zero-order chi connectivity index (χ0) is 24.9. The SMILES string of the molecule is C=C(Nc1cncc(-c2ccc3[nH]nc(-c4cc5c(-n6cnc(C)c6)cccc5[nH]4)c3c2)c1)C1CCC1. The minimum absolute atomic E-state index is 0.572. The lowest BCUT2D eigenvalue weighted by atomic mass is 9.83. The Morgan fingerprint density at radius 2 is 1.95 bits per heavy atom. The Hall–Kier alpha value is -4.65. The molecule has 1 aliphatic carbocycles. The van der Waals surface area contributed by atoms with E-state index >= 15 is 0 Å². The molecule has 0 unspecified atom stereocenters. The highest BCUT2D eigenvalue weighted by Gasteiger charge is 2.20. The van der Waals surface area contributed by atoms with E-state index in [0.717, 1.165) is 67.1 Å². The van der Waals surface area contributed by atoms with Crippen LogP contribution in [0.5, 0.6) is 0 Å². The second kappa shape index (κ2) is 8.48. The molecule has 1 aliphatic rings. The summed E-state index contributed by atoms with van der Waals surface area (Å²) >= 11 is 0. The van der Waals surface area contributed by atoms with Gasteiger partial charge in [0.2, 0.25) is 0 Å². The van der Waals surface area contributed by atoms with E-state index in [9.17, 15) is 0 Å². The van der Waals surface area contributed by atoms with Crippen LogP contribution < -0.4 is 5.32 Å². The molecular weight excluding hydrogens is 458 g/mol. The molecule has 4 heterocycles. The van der Waals surface area contributed by atoms with Crippen LogP contribution in [0.1, 0.15) is 25.0 Å². The van der Waals surface area contributed by atoms with Gasteiger partial charge in [-0.1, -0.05) is 25.1 Å². The van der Waals surface area contributed by atoms with E-state index in [-0.39, 0.29) is 0 Å². The standard InChI is InChI=1S/C30H27N7/c1-18-16-37(17-32-18)29-8-4-7-26-24(29)13-28(34-26)30-25-12-21(9-10-27(25)35-36-30)22-11-23(15-31-14-22)33-19(2)20-5-3-6-20/h4,7-17,20,33-34H,2-3,5-6H2,1H3,(H,35,36). The number of pyridine rings is 1. The predicted octanol–water partition coefficient (Wildman–Crippen LogP) is 6.99. The fourth-order valence-electron chi connectivity index (χ4n) is 5.15. The van der Waals surface area contributed by atoms with E-state index in [1.807, 2.05) is 31.8 Å². The van der Waals surface area contributed by atoms with Crippen LogP contribution in [0.25, 0.3) is 50.0 Å². The molecule has 0 amide bonds. The highest BCUT2D eigenvalue weighted by Crippen LogP contribution is 2.35. The quantitative estimate of drug-likeness (QED) is 0.237. The van der Waals surface area contributed by atoms with Gasteiger partial charge in [0, 0.05) is 39.9 Å². The molecule has 7 nitrogen and oxygen atoms in total. The van der Waals surface area contributed by atoms with Gasteiger partial charge in [-0.25, -0.2) is 4.98 Å². The number of nitrogens with zero attached hydrogens (tertiary/aromatic N) is 4. The fraction of sp³-hybridized carbons (Fsp3) is 0.167. The smallest absolute Gasteiger partial charge is 0.116 e. The van der Waals surface area contributed by atoms with E-state index in [0.29, 0.717) is 5.92 Å². The molecule has 7 heteroatoms. The number of allylic oxidation sites excluding steroid dienone is 1. The molecule has 0 aliphatic heterocycles. The van der Waals surface area contributed by atoms with Gasteiger partial charge < -0.3 is 14.9 Å². The van der Waals surface area contributed by atoms with Crippen LogP contribution >= 0.6 is 0 Å². The maximum absolute atomic E-state index is 4.68. The molecule has 0 atom stereocenters. The normalized spacial score (nSPS) is 13.8. The third kappa shape index (κ3) is 3.80. The average molecular weight is 486 g/mol. The van der Waals surface area contributed by atoms with Crippen molar-refractivity contribution in [3.05, 3.63) is 91.4 Å². The lowest BCUT2D eigenvalue weighted by Crippen LogP contribution is -2.18. The monoisotopic (exact) mass is 485 g/mol. The zero-order valence-corrected chi connectivity index (χ0v) is 20.6. The number of anilines is 1. The Kier molecular flexibility index (Phi) is 4.96. The van der Waals surface area contributed by atoms with Crippen molar-refractivity contribution in [1.82, 2.24) is 29.7 Å². The van der Waals surface area contributed by atoms with Gasteiger partial charge in [0.1, 0.15) is 5.69 Å². The lowest BCUT2D eigenvalue weighted by Gasteiger charge is -2.28. The highest BCUT2D eigenvalue weighted by molar-refractivity contribution is 5.99. The van der Waals surface area contributed by atoms with Crippen molar-refractivity contribution in [2.24, 2.45) is 5.92 Å². The third-order valence-electron chi connectivity index (χ3n) is 7.42.